The molecule has 2 atom stereocenters. The van der Waals surface area contributed by atoms with E-state index >= 15 is 13.2 Å². The van der Waals surface area contributed by atoms with Crippen LogP contribution < -0.4 is 9.47 Å². The minimum absolute atomic E-state index is 0.339. The van der Waals surface area contributed by atoms with Crippen molar-refractivity contribution in [1.29, 1.82) is 0 Å². The lowest BCUT2D eigenvalue weighted by atomic mass is 9.69. The number of ether oxygens (including phenoxy) is 5. The molecule has 0 spiro atoms. The van der Waals surface area contributed by atoms with E-state index in [0.717, 1.165) is 66.7 Å². The SMILES string of the molecule is COC1=CC2=C3C(=C4C=CC(c5ccc(OC)cc5)(c5ccc(OC)cc5)OC4C2=CC1(OC)C(F)(F)F)C(C)(C)c1c3cc(Br)c(C)c1Br. The van der Waals surface area contributed by atoms with Crippen molar-refractivity contribution < 1.29 is 36.9 Å². The quantitative estimate of drug-likeness (QED) is 0.248. The average Bonchev–Trinajstić information content (AvgIpc) is 3.35. The first-order chi connectivity index (χ1) is 23.7. The third kappa shape index (κ3) is 4.78. The van der Waals surface area contributed by atoms with Gasteiger partial charge in [-0.2, -0.15) is 13.2 Å². The summed E-state index contributed by atoms with van der Waals surface area (Å²) < 4.78 is 76.6. The van der Waals surface area contributed by atoms with Crippen molar-refractivity contribution in [1.82, 2.24) is 0 Å². The number of allylic oxidation sites excluding steroid dienone is 3. The van der Waals surface area contributed by atoms with Crippen molar-refractivity contribution in [2.24, 2.45) is 0 Å². The highest BCUT2D eigenvalue weighted by Crippen LogP contribution is 2.62. The van der Waals surface area contributed by atoms with Gasteiger partial charge in [-0.15, -0.1) is 0 Å². The number of hydrogen-bond acceptors (Lipinski definition) is 5. The topological polar surface area (TPSA) is 46.2 Å². The molecule has 5 nitrogen and oxygen atoms in total. The highest BCUT2D eigenvalue weighted by molar-refractivity contribution is 9.11. The van der Waals surface area contributed by atoms with Crippen molar-refractivity contribution in [3.8, 4) is 11.5 Å². The fourth-order valence-corrected chi connectivity index (χ4v) is 9.53. The third-order valence-electron chi connectivity index (χ3n) is 10.5. The zero-order valence-corrected chi connectivity index (χ0v) is 31.7. The maximum absolute atomic E-state index is 15.2. The second-order valence-corrected chi connectivity index (χ2v) is 14.9. The first-order valence-electron chi connectivity index (χ1n) is 15.9. The maximum atomic E-state index is 15.2. The molecule has 50 heavy (non-hydrogen) atoms. The molecule has 2 unspecified atom stereocenters. The summed E-state index contributed by atoms with van der Waals surface area (Å²) in [6.07, 6.45) is 0.874. The van der Waals surface area contributed by atoms with E-state index in [1.807, 2.05) is 67.6 Å². The van der Waals surface area contributed by atoms with E-state index in [4.69, 9.17) is 23.7 Å². The predicted molar refractivity (Wildman–Crippen MR) is 193 cm³/mol. The van der Waals surface area contributed by atoms with Crippen LogP contribution in [0.1, 0.15) is 41.7 Å². The summed E-state index contributed by atoms with van der Waals surface area (Å²) in [6, 6.07) is 17.1. The van der Waals surface area contributed by atoms with Gasteiger partial charge in [-0.25, -0.2) is 0 Å². The highest BCUT2D eigenvalue weighted by Gasteiger charge is 2.62. The Labute approximate surface area is 306 Å². The zero-order valence-electron chi connectivity index (χ0n) is 28.5. The Morgan fingerprint density at radius 3 is 1.92 bits per heavy atom. The smallest absolute Gasteiger partial charge is 0.428 e. The van der Waals surface area contributed by atoms with Crippen LogP contribution >= 0.6 is 31.9 Å². The summed E-state index contributed by atoms with van der Waals surface area (Å²) in [5.41, 5.74) is 3.44. The van der Waals surface area contributed by atoms with Crippen molar-refractivity contribution in [3.05, 3.63) is 144 Å². The molecule has 4 aliphatic rings. The molecule has 0 aromatic heterocycles. The molecule has 0 amide bonds. The number of fused-ring (bicyclic) bond motifs is 6. The molecule has 0 fully saturated rings. The Morgan fingerprint density at radius 1 is 0.840 bits per heavy atom. The normalized spacial score (nSPS) is 23.0. The lowest BCUT2D eigenvalue weighted by Gasteiger charge is -2.46. The summed E-state index contributed by atoms with van der Waals surface area (Å²) in [5.74, 6) is 0.961. The summed E-state index contributed by atoms with van der Waals surface area (Å²) in [7, 11) is 5.47. The molecular weight excluding hydrogens is 777 g/mol. The van der Waals surface area contributed by atoms with Crippen LogP contribution in [0.2, 0.25) is 0 Å². The first kappa shape index (κ1) is 34.9. The molecular formula is C40H35Br2F3O5. The van der Waals surface area contributed by atoms with E-state index in [1.54, 1.807) is 14.2 Å². The monoisotopic (exact) mass is 810 g/mol. The Kier molecular flexibility index (Phi) is 8.37. The fourth-order valence-electron chi connectivity index (χ4n) is 7.91. The molecule has 0 bridgehead atoms. The first-order valence-corrected chi connectivity index (χ1v) is 17.5. The van der Waals surface area contributed by atoms with Gasteiger partial charge in [-0.05, 0) is 111 Å². The molecule has 10 heteroatoms. The van der Waals surface area contributed by atoms with E-state index in [2.05, 4.69) is 51.8 Å². The number of halogens is 5. The second-order valence-electron chi connectivity index (χ2n) is 13.2. The minimum Gasteiger partial charge on any atom is -0.497 e. The highest BCUT2D eigenvalue weighted by atomic mass is 79.9. The van der Waals surface area contributed by atoms with Gasteiger partial charge in [0, 0.05) is 21.5 Å². The van der Waals surface area contributed by atoms with Crippen LogP contribution in [0, 0.1) is 6.92 Å². The van der Waals surface area contributed by atoms with Crippen LogP contribution in [0.5, 0.6) is 11.5 Å². The number of benzene rings is 3. The molecule has 260 valence electrons. The van der Waals surface area contributed by atoms with Crippen LogP contribution in [0.15, 0.2) is 116 Å². The van der Waals surface area contributed by atoms with Gasteiger partial charge in [0.25, 0.3) is 0 Å². The molecule has 3 aliphatic carbocycles. The van der Waals surface area contributed by atoms with Gasteiger partial charge in [0.1, 0.15) is 29.0 Å². The molecule has 0 saturated carbocycles. The lowest BCUT2D eigenvalue weighted by molar-refractivity contribution is -0.245. The van der Waals surface area contributed by atoms with Crippen LogP contribution in [0.4, 0.5) is 13.2 Å². The second kappa shape index (κ2) is 12.0. The van der Waals surface area contributed by atoms with Gasteiger partial charge in [0.15, 0.2) is 0 Å². The van der Waals surface area contributed by atoms with Gasteiger partial charge in [0.05, 0.1) is 21.3 Å². The predicted octanol–water partition coefficient (Wildman–Crippen LogP) is 10.2. The van der Waals surface area contributed by atoms with E-state index in [9.17, 15) is 0 Å². The van der Waals surface area contributed by atoms with Crippen LogP contribution in [-0.2, 0) is 25.2 Å². The molecule has 1 heterocycles. The number of hydrogen-bond donors (Lipinski definition) is 0. The average molecular weight is 813 g/mol. The number of rotatable bonds is 6. The van der Waals surface area contributed by atoms with E-state index in [1.165, 1.54) is 13.2 Å². The fraction of sp³-hybridized carbons (Fsp3) is 0.300. The standard InChI is InChI=1S/C40H35Br2F3O5/c1-21-30(41)18-28-32-27-19-31(48-6)39(49-7,40(43,44)45)20-29(27)36-26(33(32)37(2,3)34(28)35(21)42)16-17-38(50-36,22-8-12-24(46-4)13-9-22)23-10-14-25(47-5)15-11-23/h8-20,36H,1-7H3. The van der Waals surface area contributed by atoms with Crippen LogP contribution in [-0.4, -0.2) is 46.3 Å². The van der Waals surface area contributed by atoms with E-state index in [-0.39, 0.29) is 5.76 Å². The Balaban J connectivity index is 1.58. The summed E-state index contributed by atoms with van der Waals surface area (Å²) >= 11 is 7.61. The Hall–Kier alpha value is -3.57. The van der Waals surface area contributed by atoms with Crippen molar-refractivity contribution in [2.45, 2.75) is 49.7 Å². The van der Waals surface area contributed by atoms with Gasteiger partial charge in [0.2, 0.25) is 5.60 Å². The number of alkyl halides is 3. The molecule has 0 N–H and O–H groups in total. The third-order valence-corrected chi connectivity index (χ3v) is 12.3. The number of methoxy groups -OCH3 is 4. The molecule has 3 aromatic carbocycles. The summed E-state index contributed by atoms with van der Waals surface area (Å²) in [5, 5.41) is 0. The summed E-state index contributed by atoms with van der Waals surface area (Å²) in [6.45, 7) is 6.32. The van der Waals surface area contributed by atoms with E-state index < -0.39 is 28.9 Å². The zero-order chi connectivity index (χ0) is 36.0. The van der Waals surface area contributed by atoms with Crippen molar-refractivity contribution >= 4 is 37.4 Å². The van der Waals surface area contributed by atoms with E-state index in [0.29, 0.717) is 22.6 Å². The Bertz CT molecular complexity index is 2020. The largest absolute Gasteiger partial charge is 0.497 e. The molecule has 3 aromatic rings. The van der Waals surface area contributed by atoms with Crippen molar-refractivity contribution in [2.75, 3.05) is 28.4 Å². The van der Waals surface area contributed by atoms with Crippen molar-refractivity contribution in [3.63, 3.8) is 0 Å². The van der Waals surface area contributed by atoms with Gasteiger partial charge >= 0.3 is 6.18 Å². The lowest BCUT2D eigenvalue weighted by Crippen LogP contribution is -2.50. The molecule has 7 rings (SSSR count). The van der Waals surface area contributed by atoms with Gasteiger partial charge in [-0.1, -0.05) is 76.0 Å². The molecule has 0 radical (unpaired) electrons. The minimum atomic E-state index is -4.85. The molecule has 0 saturated heterocycles. The summed E-state index contributed by atoms with van der Waals surface area (Å²) in [4.78, 5) is 0. The Morgan fingerprint density at radius 2 is 1.42 bits per heavy atom. The van der Waals surface area contributed by atoms with Gasteiger partial charge < -0.3 is 23.7 Å². The van der Waals surface area contributed by atoms with Crippen LogP contribution in [0.25, 0.3) is 5.57 Å². The maximum Gasteiger partial charge on any atom is 0.428 e. The van der Waals surface area contributed by atoms with Crippen LogP contribution in [0.3, 0.4) is 0 Å². The van der Waals surface area contributed by atoms with Gasteiger partial charge in [-0.3, -0.25) is 0 Å². The molecule has 1 aliphatic heterocycles.